The standard InChI is InChI=1S/C18H25N3O/c1-18(2,3)17-13(11-21(4)20-17)10-19-16-14-8-6-5-7-12(14)9-15(16)22/h5-8,11,15-16,19,22H,9-10H2,1-4H3/t15-,16+/m0/s1. The maximum atomic E-state index is 10.3. The third-order valence-corrected chi connectivity index (χ3v) is 4.33. The van der Waals surface area contributed by atoms with Crippen molar-refractivity contribution >= 4 is 0 Å². The number of aliphatic hydroxyl groups excluding tert-OH is 1. The lowest BCUT2D eigenvalue weighted by Crippen LogP contribution is -2.29. The summed E-state index contributed by atoms with van der Waals surface area (Å²) in [6.45, 7) is 7.26. The van der Waals surface area contributed by atoms with E-state index in [0.717, 1.165) is 18.7 Å². The number of fused-ring (bicyclic) bond motifs is 1. The molecule has 4 heteroatoms. The first-order chi connectivity index (χ1) is 10.4. The van der Waals surface area contributed by atoms with Crippen molar-refractivity contribution in [2.45, 2.75) is 51.3 Å². The smallest absolute Gasteiger partial charge is 0.0775 e. The molecule has 0 bridgehead atoms. The summed E-state index contributed by atoms with van der Waals surface area (Å²) in [6, 6.07) is 8.29. The number of benzene rings is 1. The van der Waals surface area contributed by atoms with Crippen molar-refractivity contribution < 1.29 is 5.11 Å². The molecular formula is C18H25N3O. The van der Waals surface area contributed by atoms with Crippen LogP contribution in [0, 0.1) is 0 Å². The van der Waals surface area contributed by atoms with E-state index in [1.807, 2.05) is 23.9 Å². The van der Waals surface area contributed by atoms with Crippen LogP contribution in [0.4, 0.5) is 0 Å². The zero-order chi connectivity index (χ0) is 15.9. The van der Waals surface area contributed by atoms with Crippen LogP contribution < -0.4 is 5.32 Å². The molecule has 0 aliphatic heterocycles. The number of nitrogens with one attached hydrogen (secondary N) is 1. The topological polar surface area (TPSA) is 50.1 Å². The van der Waals surface area contributed by atoms with Crippen LogP contribution in [0.15, 0.2) is 30.5 Å². The molecule has 0 amide bonds. The lowest BCUT2D eigenvalue weighted by Gasteiger charge is -2.21. The Balaban J connectivity index is 1.79. The molecule has 0 unspecified atom stereocenters. The fraction of sp³-hybridized carbons (Fsp3) is 0.500. The number of rotatable bonds is 3. The van der Waals surface area contributed by atoms with Crippen LogP contribution >= 0.6 is 0 Å². The van der Waals surface area contributed by atoms with Crippen molar-refractivity contribution in [3.05, 3.63) is 52.8 Å². The highest BCUT2D eigenvalue weighted by atomic mass is 16.3. The van der Waals surface area contributed by atoms with Crippen LogP contribution in [0.2, 0.25) is 0 Å². The van der Waals surface area contributed by atoms with E-state index in [2.05, 4.69) is 49.5 Å². The normalized spacial score (nSPS) is 21.1. The van der Waals surface area contributed by atoms with E-state index in [1.165, 1.54) is 16.7 Å². The highest BCUT2D eigenvalue weighted by molar-refractivity contribution is 5.36. The van der Waals surface area contributed by atoms with Gasteiger partial charge in [-0.2, -0.15) is 5.10 Å². The highest BCUT2D eigenvalue weighted by Gasteiger charge is 2.31. The molecule has 3 rings (SSSR count). The van der Waals surface area contributed by atoms with E-state index in [4.69, 9.17) is 0 Å². The predicted molar refractivity (Wildman–Crippen MR) is 87.6 cm³/mol. The molecule has 4 nitrogen and oxygen atoms in total. The zero-order valence-electron chi connectivity index (χ0n) is 13.8. The summed E-state index contributed by atoms with van der Waals surface area (Å²) in [6.07, 6.45) is 2.44. The lowest BCUT2D eigenvalue weighted by atomic mass is 9.89. The van der Waals surface area contributed by atoms with Crippen molar-refractivity contribution in [1.82, 2.24) is 15.1 Å². The largest absolute Gasteiger partial charge is 0.391 e. The maximum absolute atomic E-state index is 10.3. The quantitative estimate of drug-likeness (QED) is 0.915. The summed E-state index contributed by atoms with van der Waals surface area (Å²) in [7, 11) is 1.96. The van der Waals surface area contributed by atoms with Gasteiger partial charge in [0.1, 0.15) is 0 Å². The van der Waals surface area contributed by atoms with Gasteiger partial charge in [0.05, 0.1) is 17.8 Å². The van der Waals surface area contributed by atoms with Crippen molar-refractivity contribution in [3.8, 4) is 0 Å². The van der Waals surface area contributed by atoms with Gasteiger partial charge in [-0.1, -0.05) is 45.0 Å². The third-order valence-electron chi connectivity index (χ3n) is 4.33. The van der Waals surface area contributed by atoms with Crippen LogP contribution in [0.25, 0.3) is 0 Å². The SMILES string of the molecule is Cn1cc(CN[C@@H]2c3ccccc3C[C@@H]2O)c(C(C)(C)C)n1. The second kappa shape index (κ2) is 5.52. The number of aromatic nitrogens is 2. The van der Waals surface area contributed by atoms with Gasteiger partial charge in [0.15, 0.2) is 0 Å². The third kappa shape index (κ3) is 2.81. The van der Waals surface area contributed by atoms with E-state index < -0.39 is 0 Å². The molecule has 0 fully saturated rings. The zero-order valence-corrected chi connectivity index (χ0v) is 13.8. The predicted octanol–water partition coefficient (Wildman–Crippen LogP) is 2.47. The van der Waals surface area contributed by atoms with Gasteiger partial charge in [-0.05, 0) is 11.1 Å². The summed E-state index contributed by atoms with van der Waals surface area (Å²) in [5, 5.41) is 18.5. The van der Waals surface area contributed by atoms with Gasteiger partial charge in [0.2, 0.25) is 0 Å². The molecule has 2 atom stereocenters. The van der Waals surface area contributed by atoms with Crippen LogP contribution in [0.1, 0.15) is 49.2 Å². The minimum absolute atomic E-state index is 0.00391. The van der Waals surface area contributed by atoms with E-state index in [0.29, 0.717) is 0 Å². The molecule has 2 N–H and O–H groups in total. The molecule has 0 radical (unpaired) electrons. The van der Waals surface area contributed by atoms with E-state index in [-0.39, 0.29) is 17.6 Å². The average Bonchev–Trinajstić information content (AvgIpc) is 2.96. The molecule has 0 spiro atoms. The number of nitrogens with zero attached hydrogens (tertiary/aromatic N) is 2. The maximum Gasteiger partial charge on any atom is 0.0775 e. The number of hydrogen-bond acceptors (Lipinski definition) is 3. The van der Waals surface area contributed by atoms with Gasteiger partial charge in [-0.3, -0.25) is 4.68 Å². The molecule has 2 aromatic rings. The molecule has 1 aliphatic carbocycles. The average molecular weight is 299 g/mol. The Hall–Kier alpha value is -1.65. The molecule has 0 saturated heterocycles. The lowest BCUT2D eigenvalue weighted by molar-refractivity contribution is 0.140. The fourth-order valence-corrected chi connectivity index (χ4v) is 3.34. The first-order valence-corrected chi connectivity index (χ1v) is 7.88. The Morgan fingerprint density at radius 1 is 1.32 bits per heavy atom. The van der Waals surface area contributed by atoms with E-state index >= 15 is 0 Å². The fourth-order valence-electron chi connectivity index (χ4n) is 3.34. The Bertz CT molecular complexity index is 669. The molecule has 1 aromatic heterocycles. The molecular weight excluding hydrogens is 274 g/mol. The summed E-state index contributed by atoms with van der Waals surface area (Å²) in [5.41, 5.74) is 4.80. The van der Waals surface area contributed by atoms with Crippen LogP contribution in [0.3, 0.4) is 0 Å². The van der Waals surface area contributed by atoms with Gasteiger partial charge < -0.3 is 10.4 Å². The second-order valence-electron chi connectivity index (χ2n) is 7.26. The van der Waals surface area contributed by atoms with Crippen LogP contribution in [-0.4, -0.2) is 21.0 Å². The Kier molecular flexibility index (Phi) is 3.83. The van der Waals surface area contributed by atoms with Gasteiger partial charge >= 0.3 is 0 Å². The van der Waals surface area contributed by atoms with Crippen LogP contribution in [-0.2, 0) is 25.4 Å². The Morgan fingerprint density at radius 2 is 2.05 bits per heavy atom. The summed E-state index contributed by atoms with van der Waals surface area (Å²) in [5.74, 6) is 0. The van der Waals surface area contributed by atoms with Gasteiger partial charge in [0.25, 0.3) is 0 Å². The van der Waals surface area contributed by atoms with Crippen molar-refractivity contribution in [2.75, 3.05) is 0 Å². The van der Waals surface area contributed by atoms with Gasteiger partial charge in [-0.25, -0.2) is 0 Å². The number of aliphatic hydroxyl groups is 1. The van der Waals surface area contributed by atoms with E-state index in [1.54, 1.807) is 0 Å². The molecule has 1 heterocycles. The summed E-state index contributed by atoms with van der Waals surface area (Å²) >= 11 is 0. The first-order valence-electron chi connectivity index (χ1n) is 7.88. The van der Waals surface area contributed by atoms with Crippen molar-refractivity contribution in [2.24, 2.45) is 7.05 Å². The van der Waals surface area contributed by atoms with E-state index in [9.17, 15) is 5.11 Å². The molecule has 0 saturated carbocycles. The minimum Gasteiger partial charge on any atom is -0.391 e. The van der Waals surface area contributed by atoms with Crippen molar-refractivity contribution in [3.63, 3.8) is 0 Å². The molecule has 1 aromatic carbocycles. The monoisotopic (exact) mass is 299 g/mol. The minimum atomic E-state index is -0.354. The van der Waals surface area contributed by atoms with Crippen molar-refractivity contribution in [1.29, 1.82) is 0 Å². The van der Waals surface area contributed by atoms with Gasteiger partial charge in [-0.15, -0.1) is 0 Å². The highest BCUT2D eigenvalue weighted by Crippen LogP contribution is 2.32. The van der Waals surface area contributed by atoms with Gasteiger partial charge in [0, 0.05) is 37.2 Å². The Morgan fingerprint density at radius 3 is 2.77 bits per heavy atom. The molecule has 1 aliphatic rings. The van der Waals surface area contributed by atoms with Crippen LogP contribution in [0.5, 0.6) is 0 Å². The summed E-state index contributed by atoms with van der Waals surface area (Å²) < 4.78 is 1.87. The number of aryl methyl sites for hydroxylation is 1. The molecule has 22 heavy (non-hydrogen) atoms. The Labute approximate surface area is 132 Å². The molecule has 118 valence electrons. The number of hydrogen-bond donors (Lipinski definition) is 2. The second-order valence-corrected chi connectivity index (χ2v) is 7.26. The summed E-state index contributed by atoms with van der Waals surface area (Å²) in [4.78, 5) is 0. The first kappa shape index (κ1) is 15.3.